The zero-order valence-corrected chi connectivity index (χ0v) is 12.4. The van der Waals surface area contributed by atoms with Crippen LogP contribution in [-0.2, 0) is 4.79 Å². The van der Waals surface area contributed by atoms with Crippen molar-refractivity contribution < 1.29 is 14.7 Å². The average molecular weight is 304 g/mol. The van der Waals surface area contributed by atoms with Gasteiger partial charge in [0.2, 0.25) is 5.91 Å². The molecule has 0 saturated carbocycles. The highest BCUT2D eigenvalue weighted by molar-refractivity contribution is 8.14. The van der Waals surface area contributed by atoms with E-state index >= 15 is 0 Å². The van der Waals surface area contributed by atoms with Crippen LogP contribution in [0, 0.1) is 18.8 Å². The fourth-order valence-electron chi connectivity index (χ4n) is 1.83. The van der Waals surface area contributed by atoms with Gasteiger partial charge in [0.15, 0.2) is 0 Å². The van der Waals surface area contributed by atoms with Crippen molar-refractivity contribution in [2.24, 2.45) is 0 Å². The number of nitrogens with one attached hydrogen (secondary N) is 2. The molecule has 1 saturated heterocycles. The number of aryl methyl sites for hydroxylation is 1. The van der Waals surface area contributed by atoms with E-state index < -0.39 is 6.04 Å². The molecule has 1 fully saturated rings. The molecule has 1 heterocycles. The second kappa shape index (κ2) is 7.16. The van der Waals surface area contributed by atoms with E-state index in [4.69, 9.17) is 5.11 Å². The first-order chi connectivity index (χ1) is 10.1. The Hall–Kier alpha value is -1.97. The first kappa shape index (κ1) is 15.4. The van der Waals surface area contributed by atoms with E-state index in [9.17, 15) is 9.59 Å². The topological polar surface area (TPSA) is 78.4 Å². The first-order valence-corrected chi connectivity index (χ1v) is 7.53. The highest BCUT2D eigenvalue weighted by Crippen LogP contribution is 2.19. The molecule has 110 valence electrons. The lowest BCUT2D eigenvalue weighted by Gasteiger charge is -2.12. The number of aliphatic hydroxyl groups excluding tert-OH is 1. The van der Waals surface area contributed by atoms with Gasteiger partial charge >= 0.3 is 0 Å². The molecule has 6 heteroatoms. The zero-order valence-electron chi connectivity index (χ0n) is 11.6. The van der Waals surface area contributed by atoms with E-state index in [2.05, 4.69) is 22.5 Å². The Bertz CT molecular complexity index is 619. The van der Waals surface area contributed by atoms with Crippen LogP contribution < -0.4 is 10.6 Å². The molecule has 1 aliphatic heterocycles. The maximum absolute atomic E-state index is 12.1. The minimum atomic E-state index is -0.513. The lowest BCUT2D eigenvalue weighted by molar-refractivity contribution is -0.117. The molecule has 2 rings (SSSR count). The summed E-state index contributed by atoms with van der Waals surface area (Å²) in [5.41, 5.74) is 2.32. The summed E-state index contributed by atoms with van der Waals surface area (Å²) in [7, 11) is 0. The van der Waals surface area contributed by atoms with Crippen molar-refractivity contribution in [3.63, 3.8) is 0 Å². The molecule has 3 N–H and O–H groups in total. The highest BCUT2D eigenvalue weighted by Gasteiger charge is 2.28. The highest BCUT2D eigenvalue weighted by atomic mass is 32.2. The number of aliphatic hydroxyl groups is 1. The summed E-state index contributed by atoms with van der Waals surface area (Å²) in [6, 6.07) is 5.06. The third-order valence-electron chi connectivity index (χ3n) is 2.88. The van der Waals surface area contributed by atoms with Crippen LogP contribution in [0.25, 0.3) is 0 Å². The van der Waals surface area contributed by atoms with Gasteiger partial charge in [-0.25, -0.2) is 0 Å². The van der Waals surface area contributed by atoms with Crippen LogP contribution in [0.3, 0.4) is 0 Å². The Morgan fingerprint density at radius 3 is 3.05 bits per heavy atom. The number of hydrogen-bond donors (Lipinski definition) is 3. The fourth-order valence-corrected chi connectivity index (χ4v) is 2.61. The first-order valence-electron chi connectivity index (χ1n) is 6.54. The van der Waals surface area contributed by atoms with Crippen molar-refractivity contribution in [3.05, 3.63) is 29.3 Å². The summed E-state index contributed by atoms with van der Waals surface area (Å²) in [4.78, 5) is 23.3. The van der Waals surface area contributed by atoms with Gasteiger partial charge in [0.1, 0.15) is 6.04 Å². The van der Waals surface area contributed by atoms with Crippen molar-refractivity contribution in [2.75, 3.05) is 17.7 Å². The standard InChI is InChI=1S/C15H16N2O3S/c1-10-5-6-11(4-2-3-7-18)12(8-10)16-14(19)13-9-21-15(20)17-13/h5-6,8,13,18H,3,7,9H2,1H3,(H,16,19)(H,17,20). The predicted molar refractivity (Wildman–Crippen MR) is 83.2 cm³/mol. The van der Waals surface area contributed by atoms with Gasteiger partial charge in [-0.1, -0.05) is 29.7 Å². The molecule has 5 nitrogen and oxygen atoms in total. The SMILES string of the molecule is Cc1ccc(C#CCCO)c(NC(=O)C2CSC(=O)N2)c1. The van der Waals surface area contributed by atoms with E-state index in [-0.39, 0.29) is 17.8 Å². The van der Waals surface area contributed by atoms with Gasteiger partial charge in [0.25, 0.3) is 5.24 Å². The largest absolute Gasteiger partial charge is 0.395 e. The lowest BCUT2D eigenvalue weighted by atomic mass is 10.1. The van der Waals surface area contributed by atoms with Gasteiger partial charge in [-0.15, -0.1) is 0 Å². The van der Waals surface area contributed by atoms with Gasteiger partial charge in [0.05, 0.1) is 12.3 Å². The van der Waals surface area contributed by atoms with Crippen molar-refractivity contribution >= 4 is 28.6 Å². The summed E-state index contributed by atoms with van der Waals surface area (Å²) < 4.78 is 0. The van der Waals surface area contributed by atoms with Gasteiger partial charge in [-0.05, 0) is 24.6 Å². The molecule has 2 amide bonds. The molecular weight excluding hydrogens is 288 g/mol. The van der Waals surface area contributed by atoms with Crippen LogP contribution in [0.2, 0.25) is 0 Å². The summed E-state index contributed by atoms with van der Waals surface area (Å²) in [6.07, 6.45) is 0.386. The molecule has 0 spiro atoms. The molecule has 1 aliphatic rings. The Balaban J connectivity index is 2.14. The Labute approximate surface area is 127 Å². The molecule has 1 unspecified atom stereocenters. The van der Waals surface area contributed by atoms with Crippen LogP contribution in [0.5, 0.6) is 0 Å². The summed E-state index contributed by atoms with van der Waals surface area (Å²) in [5.74, 6) is 5.95. The van der Waals surface area contributed by atoms with Crippen molar-refractivity contribution in [2.45, 2.75) is 19.4 Å². The quantitative estimate of drug-likeness (QED) is 0.739. The van der Waals surface area contributed by atoms with E-state index in [1.54, 1.807) is 0 Å². The number of anilines is 1. The number of benzene rings is 1. The smallest absolute Gasteiger partial charge is 0.279 e. The molecule has 0 bridgehead atoms. The van der Waals surface area contributed by atoms with E-state index in [1.807, 2.05) is 25.1 Å². The van der Waals surface area contributed by atoms with Gasteiger partial charge in [-0.3, -0.25) is 9.59 Å². The minimum Gasteiger partial charge on any atom is -0.395 e. The Morgan fingerprint density at radius 1 is 1.57 bits per heavy atom. The Kier molecular flexibility index (Phi) is 5.26. The van der Waals surface area contributed by atoms with Crippen molar-refractivity contribution in [1.82, 2.24) is 5.32 Å². The monoisotopic (exact) mass is 304 g/mol. The lowest BCUT2D eigenvalue weighted by Crippen LogP contribution is -2.38. The van der Waals surface area contributed by atoms with Gasteiger partial charge < -0.3 is 15.7 Å². The maximum atomic E-state index is 12.1. The molecule has 1 atom stereocenters. The summed E-state index contributed by atoms with van der Waals surface area (Å²) in [5, 5.41) is 14.0. The van der Waals surface area contributed by atoms with E-state index in [0.29, 0.717) is 23.4 Å². The third kappa shape index (κ3) is 4.25. The van der Waals surface area contributed by atoms with Crippen LogP contribution in [-0.4, -0.2) is 34.7 Å². The number of amides is 2. The van der Waals surface area contributed by atoms with Crippen molar-refractivity contribution in [3.8, 4) is 11.8 Å². The maximum Gasteiger partial charge on any atom is 0.279 e. The van der Waals surface area contributed by atoms with Crippen LogP contribution in [0.4, 0.5) is 10.5 Å². The molecule has 0 radical (unpaired) electrons. The second-order valence-electron chi connectivity index (χ2n) is 4.61. The summed E-state index contributed by atoms with van der Waals surface area (Å²) in [6.45, 7) is 1.93. The summed E-state index contributed by atoms with van der Waals surface area (Å²) >= 11 is 1.10. The second-order valence-corrected chi connectivity index (χ2v) is 5.60. The van der Waals surface area contributed by atoms with Gasteiger partial charge in [-0.2, -0.15) is 0 Å². The predicted octanol–water partition coefficient (Wildman–Crippen LogP) is 1.49. The van der Waals surface area contributed by atoms with Crippen molar-refractivity contribution in [1.29, 1.82) is 0 Å². The minimum absolute atomic E-state index is 0.00584. The number of rotatable bonds is 3. The average Bonchev–Trinajstić information content (AvgIpc) is 2.88. The molecule has 0 aromatic heterocycles. The van der Waals surface area contributed by atoms with Crippen LogP contribution >= 0.6 is 11.8 Å². The molecule has 1 aromatic carbocycles. The number of carbonyl (C=O) groups excluding carboxylic acids is 2. The number of hydrogen-bond acceptors (Lipinski definition) is 4. The molecule has 0 aliphatic carbocycles. The Morgan fingerprint density at radius 2 is 2.38 bits per heavy atom. The van der Waals surface area contributed by atoms with E-state index in [0.717, 1.165) is 17.3 Å². The van der Waals surface area contributed by atoms with E-state index in [1.165, 1.54) is 0 Å². The normalized spacial score (nSPS) is 16.9. The van der Waals surface area contributed by atoms with Crippen LogP contribution in [0.15, 0.2) is 18.2 Å². The molecule has 21 heavy (non-hydrogen) atoms. The van der Waals surface area contributed by atoms with Crippen LogP contribution in [0.1, 0.15) is 17.5 Å². The fraction of sp³-hybridized carbons (Fsp3) is 0.333. The molecular formula is C15H16N2O3S. The zero-order chi connectivity index (χ0) is 15.2. The van der Waals surface area contributed by atoms with Gasteiger partial charge in [0, 0.05) is 17.7 Å². The third-order valence-corrected chi connectivity index (χ3v) is 3.76. The number of carbonyl (C=O) groups is 2. The number of thioether (sulfide) groups is 1. The molecule has 1 aromatic rings.